The fourth-order valence-corrected chi connectivity index (χ4v) is 3.27. The third kappa shape index (κ3) is 5.49. The van der Waals surface area contributed by atoms with E-state index in [0.29, 0.717) is 42.3 Å². The van der Waals surface area contributed by atoms with Gasteiger partial charge in [-0.25, -0.2) is 0 Å². The Hall–Kier alpha value is -3.65. The SMILES string of the molecule is CN=C(NCc1nc(-c2cccc(Cl)c2)no1)NCc1ccccc1Cn1cccn1. The van der Waals surface area contributed by atoms with Crippen LogP contribution in [0.1, 0.15) is 17.0 Å². The van der Waals surface area contributed by atoms with Crippen molar-refractivity contribution in [2.75, 3.05) is 7.05 Å². The van der Waals surface area contributed by atoms with E-state index in [4.69, 9.17) is 16.1 Å². The highest BCUT2D eigenvalue weighted by molar-refractivity contribution is 6.30. The summed E-state index contributed by atoms with van der Waals surface area (Å²) < 4.78 is 7.24. The molecule has 158 valence electrons. The first kappa shape index (κ1) is 20.6. The molecule has 0 bridgehead atoms. The highest BCUT2D eigenvalue weighted by Crippen LogP contribution is 2.19. The molecule has 2 aromatic heterocycles. The highest BCUT2D eigenvalue weighted by atomic mass is 35.5. The number of aromatic nitrogens is 4. The number of nitrogens with one attached hydrogen (secondary N) is 2. The molecule has 0 radical (unpaired) electrons. The average Bonchev–Trinajstić information content (AvgIpc) is 3.47. The normalized spacial score (nSPS) is 11.5. The fourth-order valence-electron chi connectivity index (χ4n) is 3.08. The van der Waals surface area contributed by atoms with Crippen LogP contribution < -0.4 is 10.6 Å². The molecular formula is C22H22ClN7O. The first-order valence-corrected chi connectivity index (χ1v) is 10.2. The quantitative estimate of drug-likeness (QED) is 0.341. The maximum absolute atomic E-state index is 6.03. The molecule has 0 amide bonds. The molecule has 0 aliphatic rings. The molecule has 4 rings (SSSR count). The third-order valence-electron chi connectivity index (χ3n) is 4.64. The average molecular weight is 436 g/mol. The summed E-state index contributed by atoms with van der Waals surface area (Å²) in [5, 5.41) is 15.4. The number of halogens is 1. The lowest BCUT2D eigenvalue weighted by atomic mass is 10.1. The van der Waals surface area contributed by atoms with Crippen LogP contribution in [0.25, 0.3) is 11.4 Å². The Labute approximate surface area is 185 Å². The second kappa shape index (κ2) is 9.90. The minimum atomic E-state index is 0.349. The van der Waals surface area contributed by atoms with Crippen LogP contribution in [-0.2, 0) is 19.6 Å². The van der Waals surface area contributed by atoms with Crippen molar-refractivity contribution in [2.45, 2.75) is 19.6 Å². The van der Waals surface area contributed by atoms with E-state index < -0.39 is 0 Å². The van der Waals surface area contributed by atoms with Gasteiger partial charge in [-0.3, -0.25) is 9.67 Å². The topological polar surface area (TPSA) is 93.2 Å². The van der Waals surface area contributed by atoms with E-state index in [9.17, 15) is 0 Å². The van der Waals surface area contributed by atoms with Crippen molar-refractivity contribution in [3.05, 3.63) is 89.0 Å². The van der Waals surface area contributed by atoms with Gasteiger partial charge in [0.05, 0.1) is 13.1 Å². The van der Waals surface area contributed by atoms with E-state index in [-0.39, 0.29) is 0 Å². The van der Waals surface area contributed by atoms with Crippen molar-refractivity contribution >= 4 is 17.6 Å². The summed E-state index contributed by atoms with van der Waals surface area (Å²) in [6, 6.07) is 17.5. The van der Waals surface area contributed by atoms with Gasteiger partial charge in [0.25, 0.3) is 0 Å². The predicted octanol–water partition coefficient (Wildman–Crippen LogP) is 3.50. The van der Waals surface area contributed by atoms with Gasteiger partial charge in [0.2, 0.25) is 11.7 Å². The maximum Gasteiger partial charge on any atom is 0.246 e. The number of hydrogen-bond donors (Lipinski definition) is 2. The smallest absolute Gasteiger partial charge is 0.246 e. The van der Waals surface area contributed by atoms with Crippen molar-refractivity contribution < 1.29 is 4.52 Å². The van der Waals surface area contributed by atoms with Gasteiger partial charge in [-0.15, -0.1) is 0 Å². The van der Waals surface area contributed by atoms with Gasteiger partial charge < -0.3 is 15.2 Å². The largest absolute Gasteiger partial charge is 0.352 e. The Morgan fingerprint density at radius 2 is 1.90 bits per heavy atom. The lowest BCUT2D eigenvalue weighted by Crippen LogP contribution is -2.36. The van der Waals surface area contributed by atoms with Gasteiger partial charge >= 0.3 is 0 Å². The summed E-state index contributed by atoms with van der Waals surface area (Å²) in [6.45, 7) is 1.68. The summed E-state index contributed by atoms with van der Waals surface area (Å²) in [4.78, 5) is 8.68. The van der Waals surface area contributed by atoms with E-state index >= 15 is 0 Å². The predicted molar refractivity (Wildman–Crippen MR) is 120 cm³/mol. The van der Waals surface area contributed by atoms with Crippen LogP contribution in [0, 0.1) is 0 Å². The minimum Gasteiger partial charge on any atom is -0.352 e. The standard InChI is InChI=1S/C22H22ClN7O/c1-24-22(25-13-17-6-2-3-7-18(17)15-30-11-5-10-27-30)26-14-20-28-21(29-31-20)16-8-4-9-19(23)12-16/h2-12H,13-15H2,1H3,(H2,24,25,26). The van der Waals surface area contributed by atoms with Gasteiger partial charge in [0.15, 0.2) is 5.96 Å². The number of nitrogens with zero attached hydrogens (tertiary/aromatic N) is 5. The zero-order valence-electron chi connectivity index (χ0n) is 17.0. The first-order valence-electron chi connectivity index (χ1n) is 9.78. The van der Waals surface area contributed by atoms with Crippen molar-refractivity contribution in [2.24, 2.45) is 4.99 Å². The fraction of sp³-hybridized carbons (Fsp3) is 0.182. The highest BCUT2D eigenvalue weighted by Gasteiger charge is 2.10. The Balaban J connectivity index is 1.34. The number of benzene rings is 2. The van der Waals surface area contributed by atoms with Gasteiger partial charge in [0, 0.05) is 36.6 Å². The summed E-state index contributed by atoms with van der Waals surface area (Å²) in [5.74, 6) is 1.59. The Bertz CT molecular complexity index is 1150. The zero-order chi connectivity index (χ0) is 21.5. The zero-order valence-corrected chi connectivity index (χ0v) is 17.8. The van der Waals surface area contributed by atoms with Crippen molar-refractivity contribution in [1.82, 2.24) is 30.6 Å². The molecule has 8 nitrogen and oxygen atoms in total. The van der Waals surface area contributed by atoms with E-state index in [1.807, 2.05) is 41.2 Å². The number of hydrogen-bond acceptors (Lipinski definition) is 5. The van der Waals surface area contributed by atoms with Gasteiger partial charge in [-0.2, -0.15) is 10.1 Å². The molecule has 0 atom stereocenters. The van der Waals surface area contributed by atoms with Crippen LogP contribution in [-0.4, -0.2) is 32.9 Å². The Morgan fingerprint density at radius 1 is 1.06 bits per heavy atom. The first-order chi connectivity index (χ1) is 15.2. The molecule has 0 saturated heterocycles. The summed E-state index contributed by atoms with van der Waals surface area (Å²) >= 11 is 6.03. The molecule has 0 aliphatic carbocycles. The summed E-state index contributed by atoms with van der Waals surface area (Å²) in [7, 11) is 1.72. The number of aliphatic imine (C=N–C) groups is 1. The molecule has 0 spiro atoms. The summed E-state index contributed by atoms with van der Waals surface area (Å²) in [5.41, 5.74) is 3.16. The molecule has 9 heteroatoms. The van der Waals surface area contributed by atoms with E-state index in [1.165, 1.54) is 11.1 Å². The molecule has 0 unspecified atom stereocenters. The molecule has 0 fully saturated rings. The van der Waals surface area contributed by atoms with E-state index in [1.54, 1.807) is 25.4 Å². The molecule has 0 aliphatic heterocycles. The maximum atomic E-state index is 6.03. The minimum absolute atomic E-state index is 0.349. The monoisotopic (exact) mass is 435 g/mol. The molecule has 2 aromatic carbocycles. The Morgan fingerprint density at radius 3 is 2.68 bits per heavy atom. The van der Waals surface area contributed by atoms with E-state index in [2.05, 4.69) is 43.0 Å². The lowest BCUT2D eigenvalue weighted by molar-refractivity contribution is 0.375. The Kier molecular flexibility index (Phi) is 6.59. The van der Waals surface area contributed by atoms with Crippen LogP contribution in [0.2, 0.25) is 5.02 Å². The van der Waals surface area contributed by atoms with Crippen LogP contribution >= 0.6 is 11.6 Å². The van der Waals surface area contributed by atoms with Gasteiger partial charge in [0.1, 0.15) is 0 Å². The van der Waals surface area contributed by atoms with Crippen molar-refractivity contribution in [3.63, 3.8) is 0 Å². The molecule has 2 N–H and O–H groups in total. The molecule has 31 heavy (non-hydrogen) atoms. The van der Waals surface area contributed by atoms with Crippen LogP contribution in [0.15, 0.2) is 76.5 Å². The van der Waals surface area contributed by atoms with Crippen molar-refractivity contribution in [3.8, 4) is 11.4 Å². The summed E-state index contributed by atoms with van der Waals surface area (Å²) in [6.07, 6.45) is 3.73. The van der Waals surface area contributed by atoms with Crippen LogP contribution in [0.5, 0.6) is 0 Å². The number of guanidine groups is 1. The van der Waals surface area contributed by atoms with Crippen molar-refractivity contribution in [1.29, 1.82) is 0 Å². The van der Waals surface area contributed by atoms with Crippen LogP contribution in [0.4, 0.5) is 0 Å². The van der Waals surface area contributed by atoms with Gasteiger partial charge in [-0.05, 0) is 29.3 Å². The third-order valence-corrected chi connectivity index (χ3v) is 4.87. The second-order valence-electron chi connectivity index (χ2n) is 6.77. The second-order valence-corrected chi connectivity index (χ2v) is 7.21. The van der Waals surface area contributed by atoms with Gasteiger partial charge in [-0.1, -0.05) is 53.2 Å². The lowest BCUT2D eigenvalue weighted by Gasteiger charge is -2.13. The van der Waals surface area contributed by atoms with Crippen LogP contribution in [0.3, 0.4) is 0 Å². The molecule has 4 aromatic rings. The van der Waals surface area contributed by atoms with E-state index in [0.717, 1.165) is 5.56 Å². The molecule has 0 saturated carbocycles. The molecule has 2 heterocycles. The molecular weight excluding hydrogens is 414 g/mol. The number of rotatable bonds is 7.